The number of likely N-dealkylation sites (N-methyl/N-ethyl adjacent to an activating group) is 1. The Labute approximate surface area is 112 Å². The van der Waals surface area contributed by atoms with E-state index in [4.69, 9.17) is 5.11 Å². The van der Waals surface area contributed by atoms with E-state index >= 15 is 0 Å². The first kappa shape index (κ1) is 13.4. The molecule has 0 saturated carbocycles. The summed E-state index contributed by atoms with van der Waals surface area (Å²) < 4.78 is 1.95. The largest absolute Gasteiger partial charge is 0.394 e. The molecule has 1 aromatic carbocycles. The smallest absolute Gasteiger partial charge is 0.253 e. The third kappa shape index (κ3) is 2.85. The first-order chi connectivity index (χ1) is 9.13. The van der Waals surface area contributed by atoms with E-state index in [1.165, 1.54) is 0 Å². The summed E-state index contributed by atoms with van der Waals surface area (Å²) in [5.41, 5.74) is 1.56. The summed E-state index contributed by atoms with van der Waals surface area (Å²) in [7, 11) is 1.70. The van der Waals surface area contributed by atoms with Crippen LogP contribution in [0.25, 0.3) is 5.69 Å². The summed E-state index contributed by atoms with van der Waals surface area (Å²) in [6.07, 6.45) is 3.87. The number of amides is 1. The van der Waals surface area contributed by atoms with Gasteiger partial charge in [-0.1, -0.05) is 6.07 Å². The van der Waals surface area contributed by atoms with Gasteiger partial charge in [-0.3, -0.25) is 4.79 Å². The molecule has 0 fully saturated rings. The fourth-order valence-electron chi connectivity index (χ4n) is 1.83. The molecule has 1 heterocycles. The SMILES string of the molecule is C[C@H](CO)N(C)C(=O)c1cccc(-n2cccc2)c1. The van der Waals surface area contributed by atoms with E-state index in [0.29, 0.717) is 5.56 Å². The van der Waals surface area contributed by atoms with E-state index in [-0.39, 0.29) is 18.6 Å². The van der Waals surface area contributed by atoms with Crippen molar-refractivity contribution in [3.63, 3.8) is 0 Å². The second kappa shape index (κ2) is 5.71. The number of carbonyl (C=O) groups excluding carboxylic acids is 1. The Hall–Kier alpha value is -2.07. The van der Waals surface area contributed by atoms with Gasteiger partial charge in [0.25, 0.3) is 5.91 Å². The van der Waals surface area contributed by atoms with Crippen molar-refractivity contribution in [1.82, 2.24) is 9.47 Å². The Morgan fingerprint density at radius 1 is 1.32 bits per heavy atom. The molecule has 0 spiro atoms. The fourth-order valence-corrected chi connectivity index (χ4v) is 1.83. The minimum absolute atomic E-state index is 0.0421. The summed E-state index contributed by atoms with van der Waals surface area (Å²) in [4.78, 5) is 13.8. The van der Waals surface area contributed by atoms with Crippen LogP contribution in [0.2, 0.25) is 0 Å². The third-order valence-electron chi connectivity index (χ3n) is 3.24. The standard InChI is InChI=1S/C15H18N2O2/c1-12(11-18)16(2)15(19)13-6-5-7-14(10-13)17-8-3-4-9-17/h3-10,12,18H,11H2,1-2H3/t12-/m1/s1. The molecular formula is C15H18N2O2. The average Bonchev–Trinajstić information content (AvgIpc) is 2.99. The maximum absolute atomic E-state index is 12.3. The highest BCUT2D eigenvalue weighted by Crippen LogP contribution is 2.13. The summed E-state index contributed by atoms with van der Waals surface area (Å²) in [5, 5.41) is 9.11. The molecule has 100 valence electrons. The van der Waals surface area contributed by atoms with Crippen LogP contribution in [-0.2, 0) is 0 Å². The van der Waals surface area contributed by atoms with Gasteiger partial charge in [0, 0.05) is 30.7 Å². The molecular weight excluding hydrogens is 240 g/mol. The molecule has 1 atom stereocenters. The second-order valence-corrected chi connectivity index (χ2v) is 4.59. The molecule has 0 saturated heterocycles. The van der Waals surface area contributed by atoms with Crippen LogP contribution < -0.4 is 0 Å². The highest BCUT2D eigenvalue weighted by molar-refractivity contribution is 5.94. The minimum atomic E-state index is -0.192. The summed E-state index contributed by atoms with van der Waals surface area (Å²) >= 11 is 0. The van der Waals surface area contributed by atoms with Gasteiger partial charge in [-0.25, -0.2) is 0 Å². The molecule has 2 aromatic rings. The van der Waals surface area contributed by atoms with Gasteiger partial charge in [-0.05, 0) is 37.3 Å². The summed E-state index contributed by atoms with van der Waals surface area (Å²) in [6, 6.07) is 11.1. The first-order valence-electron chi connectivity index (χ1n) is 6.25. The van der Waals surface area contributed by atoms with Gasteiger partial charge in [0.15, 0.2) is 0 Å². The van der Waals surface area contributed by atoms with Crippen molar-refractivity contribution in [2.24, 2.45) is 0 Å². The molecule has 4 heteroatoms. The fraction of sp³-hybridized carbons (Fsp3) is 0.267. The first-order valence-corrected chi connectivity index (χ1v) is 6.25. The molecule has 0 aliphatic rings. The highest BCUT2D eigenvalue weighted by atomic mass is 16.3. The van der Waals surface area contributed by atoms with Crippen molar-refractivity contribution in [2.45, 2.75) is 13.0 Å². The van der Waals surface area contributed by atoms with Gasteiger partial charge in [-0.2, -0.15) is 0 Å². The predicted octanol–water partition coefficient (Wildman–Crippen LogP) is 1.93. The van der Waals surface area contributed by atoms with Crippen molar-refractivity contribution < 1.29 is 9.90 Å². The van der Waals surface area contributed by atoms with E-state index < -0.39 is 0 Å². The molecule has 0 radical (unpaired) electrons. The zero-order chi connectivity index (χ0) is 13.8. The maximum atomic E-state index is 12.3. The lowest BCUT2D eigenvalue weighted by Gasteiger charge is -2.23. The number of rotatable bonds is 4. The number of aliphatic hydroxyl groups is 1. The van der Waals surface area contributed by atoms with E-state index in [9.17, 15) is 4.79 Å². The molecule has 19 heavy (non-hydrogen) atoms. The molecule has 2 rings (SSSR count). The summed E-state index contributed by atoms with van der Waals surface area (Å²) in [6.45, 7) is 1.77. The Bertz CT molecular complexity index is 549. The summed E-state index contributed by atoms with van der Waals surface area (Å²) in [5.74, 6) is -0.0874. The van der Waals surface area contributed by atoms with Crippen molar-refractivity contribution in [1.29, 1.82) is 0 Å². The van der Waals surface area contributed by atoms with Crippen LogP contribution in [0.1, 0.15) is 17.3 Å². The number of nitrogens with zero attached hydrogens (tertiary/aromatic N) is 2. The number of aliphatic hydroxyl groups excluding tert-OH is 1. The number of hydrogen-bond acceptors (Lipinski definition) is 2. The molecule has 1 N–H and O–H groups in total. The Morgan fingerprint density at radius 3 is 2.63 bits per heavy atom. The number of hydrogen-bond donors (Lipinski definition) is 1. The minimum Gasteiger partial charge on any atom is -0.394 e. The Morgan fingerprint density at radius 2 is 2.00 bits per heavy atom. The lowest BCUT2D eigenvalue weighted by molar-refractivity contribution is 0.0682. The predicted molar refractivity (Wildman–Crippen MR) is 74.4 cm³/mol. The normalized spacial score (nSPS) is 12.2. The van der Waals surface area contributed by atoms with Gasteiger partial charge < -0.3 is 14.6 Å². The van der Waals surface area contributed by atoms with Gasteiger partial charge >= 0.3 is 0 Å². The van der Waals surface area contributed by atoms with Crippen LogP contribution in [0.3, 0.4) is 0 Å². The Kier molecular flexibility index (Phi) is 4.02. The van der Waals surface area contributed by atoms with Crippen LogP contribution in [0.15, 0.2) is 48.8 Å². The molecule has 1 amide bonds. The molecule has 0 aliphatic heterocycles. The quantitative estimate of drug-likeness (QED) is 0.910. The second-order valence-electron chi connectivity index (χ2n) is 4.59. The molecule has 1 aromatic heterocycles. The molecule has 4 nitrogen and oxygen atoms in total. The lowest BCUT2D eigenvalue weighted by Crippen LogP contribution is -2.37. The lowest BCUT2D eigenvalue weighted by atomic mass is 10.1. The monoisotopic (exact) mass is 258 g/mol. The van der Waals surface area contributed by atoms with Crippen LogP contribution in [0.4, 0.5) is 0 Å². The van der Waals surface area contributed by atoms with Crippen LogP contribution in [-0.4, -0.2) is 40.2 Å². The molecule has 0 unspecified atom stereocenters. The number of carbonyl (C=O) groups is 1. The number of aromatic nitrogens is 1. The van der Waals surface area contributed by atoms with Crippen molar-refractivity contribution in [3.05, 3.63) is 54.4 Å². The topological polar surface area (TPSA) is 45.5 Å². The average molecular weight is 258 g/mol. The van der Waals surface area contributed by atoms with Crippen molar-refractivity contribution in [3.8, 4) is 5.69 Å². The van der Waals surface area contributed by atoms with Crippen molar-refractivity contribution in [2.75, 3.05) is 13.7 Å². The zero-order valence-corrected chi connectivity index (χ0v) is 11.2. The Balaban J connectivity index is 2.26. The molecule has 0 aliphatic carbocycles. The third-order valence-corrected chi connectivity index (χ3v) is 3.24. The van der Waals surface area contributed by atoms with E-state index in [1.807, 2.05) is 54.2 Å². The van der Waals surface area contributed by atoms with Gasteiger partial charge in [0.2, 0.25) is 0 Å². The van der Waals surface area contributed by atoms with E-state index in [1.54, 1.807) is 18.0 Å². The van der Waals surface area contributed by atoms with Crippen LogP contribution in [0.5, 0.6) is 0 Å². The van der Waals surface area contributed by atoms with Gasteiger partial charge in [0.1, 0.15) is 0 Å². The van der Waals surface area contributed by atoms with E-state index in [2.05, 4.69) is 0 Å². The van der Waals surface area contributed by atoms with Crippen LogP contribution >= 0.6 is 0 Å². The van der Waals surface area contributed by atoms with Crippen LogP contribution in [0, 0.1) is 0 Å². The van der Waals surface area contributed by atoms with Crippen molar-refractivity contribution >= 4 is 5.91 Å². The molecule has 0 bridgehead atoms. The highest BCUT2D eigenvalue weighted by Gasteiger charge is 2.16. The van der Waals surface area contributed by atoms with Gasteiger partial charge in [-0.15, -0.1) is 0 Å². The van der Waals surface area contributed by atoms with Gasteiger partial charge in [0.05, 0.1) is 12.6 Å². The van der Waals surface area contributed by atoms with E-state index in [0.717, 1.165) is 5.69 Å². The zero-order valence-electron chi connectivity index (χ0n) is 11.2. The maximum Gasteiger partial charge on any atom is 0.253 e. The number of benzene rings is 1.